The summed E-state index contributed by atoms with van der Waals surface area (Å²) in [5, 5.41) is 3.03. The number of fused-ring (bicyclic) bond motifs is 1. The maximum absolute atomic E-state index is 12.2. The summed E-state index contributed by atoms with van der Waals surface area (Å²) in [6, 6.07) is 14.3. The van der Waals surface area contributed by atoms with Crippen molar-refractivity contribution in [1.82, 2.24) is 0 Å². The summed E-state index contributed by atoms with van der Waals surface area (Å²) in [5.74, 6) is -2.26. The number of ether oxygens (including phenoxy) is 2. The van der Waals surface area contributed by atoms with Gasteiger partial charge >= 0.3 is 17.6 Å². The zero-order chi connectivity index (χ0) is 20.8. The van der Waals surface area contributed by atoms with Gasteiger partial charge in [-0.25, -0.2) is 14.4 Å². The Kier molecular flexibility index (Phi) is 6.03. The Hall–Kier alpha value is -3.94. The molecule has 148 valence electrons. The van der Waals surface area contributed by atoms with Crippen molar-refractivity contribution >= 4 is 34.5 Å². The van der Waals surface area contributed by atoms with Gasteiger partial charge in [-0.05, 0) is 31.2 Å². The van der Waals surface area contributed by atoms with Crippen molar-refractivity contribution in [3.05, 3.63) is 76.1 Å². The molecule has 0 atom stereocenters. The Balaban J connectivity index is 1.67. The van der Waals surface area contributed by atoms with Crippen LogP contribution in [0.15, 0.2) is 63.8 Å². The van der Waals surface area contributed by atoms with Gasteiger partial charge in [-0.3, -0.25) is 4.79 Å². The zero-order valence-corrected chi connectivity index (χ0v) is 15.5. The van der Waals surface area contributed by atoms with Crippen LogP contribution >= 0.6 is 0 Å². The molecule has 0 spiro atoms. The first kappa shape index (κ1) is 19.8. The second kappa shape index (κ2) is 8.83. The number of anilines is 1. The average molecular weight is 395 g/mol. The van der Waals surface area contributed by atoms with Gasteiger partial charge in [0.1, 0.15) is 11.1 Å². The Labute approximate surface area is 165 Å². The molecule has 0 aliphatic heterocycles. The number of para-hydroxylation sites is 2. The molecule has 8 nitrogen and oxygen atoms in total. The molecule has 1 aromatic heterocycles. The monoisotopic (exact) mass is 395 g/mol. The largest absolute Gasteiger partial charge is 0.462 e. The minimum Gasteiger partial charge on any atom is -0.462 e. The van der Waals surface area contributed by atoms with E-state index in [0.717, 1.165) is 0 Å². The first-order valence-electron chi connectivity index (χ1n) is 8.75. The van der Waals surface area contributed by atoms with E-state index < -0.39 is 30.1 Å². The first-order valence-corrected chi connectivity index (χ1v) is 8.75. The normalized spacial score (nSPS) is 10.4. The van der Waals surface area contributed by atoms with Crippen molar-refractivity contribution < 1.29 is 28.3 Å². The molecular formula is C21H17NO7. The summed E-state index contributed by atoms with van der Waals surface area (Å²) in [7, 11) is 0. The number of benzene rings is 2. The van der Waals surface area contributed by atoms with Crippen LogP contribution < -0.4 is 10.9 Å². The fraction of sp³-hybridized carbons (Fsp3) is 0.143. The topological polar surface area (TPSA) is 112 Å². The lowest BCUT2D eigenvalue weighted by atomic mass is 10.2. The highest BCUT2D eigenvalue weighted by atomic mass is 16.5. The highest BCUT2D eigenvalue weighted by molar-refractivity contribution is 6.02. The molecule has 1 amide bonds. The highest BCUT2D eigenvalue weighted by Gasteiger charge is 2.18. The zero-order valence-electron chi connectivity index (χ0n) is 15.5. The molecule has 0 aliphatic carbocycles. The first-order chi connectivity index (χ1) is 14.0. The third-order valence-electron chi connectivity index (χ3n) is 3.89. The number of rotatable bonds is 6. The van der Waals surface area contributed by atoms with Crippen LogP contribution in [0.1, 0.15) is 27.6 Å². The Morgan fingerprint density at radius 3 is 2.41 bits per heavy atom. The van der Waals surface area contributed by atoms with E-state index in [0.29, 0.717) is 11.0 Å². The lowest BCUT2D eigenvalue weighted by Crippen LogP contribution is -2.24. The molecule has 0 unspecified atom stereocenters. The smallest absolute Gasteiger partial charge is 0.351 e. The lowest BCUT2D eigenvalue weighted by molar-refractivity contribution is -0.119. The average Bonchev–Trinajstić information content (AvgIpc) is 2.72. The summed E-state index contributed by atoms with van der Waals surface area (Å²) in [6.45, 7) is 1.21. The predicted molar refractivity (Wildman–Crippen MR) is 104 cm³/mol. The van der Waals surface area contributed by atoms with Crippen molar-refractivity contribution in [2.24, 2.45) is 0 Å². The van der Waals surface area contributed by atoms with Gasteiger partial charge in [0.05, 0.1) is 17.9 Å². The number of carbonyl (C=O) groups excluding carboxylic acids is 3. The number of esters is 2. The molecule has 3 aromatic rings. The minimum absolute atomic E-state index is 0.171. The minimum atomic E-state index is -0.988. The second-order valence-corrected chi connectivity index (χ2v) is 5.88. The molecule has 0 bridgehead atoms. The molecule has 1 N–H and O–H groups in total. The molecule has 29 heavy (non-hydrogen) atoms. The Bertz CT molecular complexity index is 1130. The standard InChI is InChI=1S/C21H17NO7/c1-2-27-19(24)14-8-4-5-9-16(14)22-18(23)12-28-20(25)15-11-13-7-3-6-10-17(13)29-21(15)26/h3-11H,2,12H2,1H3,(H,22,23). The second-order valence-electron chi connectivity index (χ2n) is 5.88. The van der Waals surface area contributed by atoms with Crippen molar-refractivity contribution in [3.63, 3.8) is 0 Å². The van der Waals surface area contributed by atoms with Crippen molar-refractivity contribution in [1.29, 1.82) is 0 Å². The molecule has 0 saturated heterocycles. The molecule has 0 saturated carbocycles. The van der Waals surface area contributed by atoms with E-state index in [2.05, 4.69) is 5.32 Å². The van der Waals surface area contributed by atoms with E-state index in [1.165, 1.54) is 18.2 Å². The van der Waals surface area contributed by atoms with Crippen LogP contribution in [0.25, 0.3) is 11.0 Å². The van der Waals surface area contributed by atoms with E-state index in [1.54, 1.807) is 43.3 Å². The van der Waals surface area contributed by atoms with Gasteiger partial charge in [-0.1, -0.05) is 30.3 Å². The fourth-order valence-electron chi connectivity index (χ4n) is 2.58. The molecule has 1 heterocycles. The van der Waals surface area contributed by atoms with Crippen molar-refractivity contribution in [2.45, 2.75) is 6.92 Å². The third-order valence-corrected chi connectivity index (χ3v) is 3.89. The molecule has 0 aliphatic rings. The summed E-state index contributed by atoms with van der Waals surface area (Å²) >= 11 is 0. The quantitative estimate of drug-likeness (QED) is 0.504. The Morgan fingerprint density at radius 1 is 0.931 bits per heavy atom. The molecule has 8 heteroatoms. The summed E-state index contributed by atoms with van der Waals surface area (Å²) in [4.78, 5) is 48.2. The van der Waals surface area contributed by atoms with E-state index in [9.17, 15) is 19.2 Å². The molecular weight excluding hydrogens is 378 g/mol. The van der Waals surface area contributed by atoms with E-state index in [4.69, 9.17) is 13.9 Å². The van der Waals surface area contributed by atoms with E-state index in [1.807, 2.05) is 0 Å². The van der Waals surface area contributed by atoms with Gasteiger partial charge in [0.2, 0.25) is 0 Å². The number of carbonyl (C=O) groups is 3. The van der Waals surface area contributed by atoms with Crippen LogP contribution in [-0.2, 0) is 14.3 Å². The SMILES string of the molecule is CCOC(=O)c1ccccc1NC(=O)COC(=O)c1cc2ccccc2oc1=O. The van der Waals surface area contributed by atoms with E-state index >= 15 is 0 Å². The van der Waals surface area contributed by atoms with Crippen LogP contribution in [0, 0.1) is 0 Å². The molecule has 3 rings (SSSR count). The lowest BCUT2D eigenvalue weighted by Gasteiger charge is -2.10. The number of amides is 1. The van der Waals surface area contributed by atoms with Gasteiger partial charge in [-0.15, -0.1) is 0 Å². The van der Waals surface area contributed by atoms with E-state index in [-0.39, 0.29) is 23.4 Å². The number of hydrogen-bond acceptors (Lipinski definition) is 7. The fourth-order valence-corrected chi connectivity index (χ4v) is 2.58. The summed E-state index contributed by atoms with van der Waals surface area (Å²) in [5.41, 5.74) is -0.450. The highest BCUT2D eigenvalue weighted by Crippen LogP contribution is 2.16. The van der Waals surface area contributed by atoms with Gasteiger partial charge in [-0.2, -0.15) is 0 Å². The van der Waals surface area contributed by atoms with Gasteiger partial charge in [0, 0.05) is 5.39 Å². The van der Waals surface area contributed by atoms with Crippen LogP contribution in [0.2, 0.25) is 0 Å². The summed E-state index contributed by atoms with van der Waals surface area (Å²) in [6.07, 6.45) is 0. The van der Waals surface area contributed by atoms with Crippen molar-refractivity contribution in [3.8, 4) is 0 Å². The van der Waals surface area contributed by atoms with Crippen LogP contribution in [0.5, 0.6) is 0 Å². The maximum atomic E-state index is 12.2. The third kappa shape index (κ3) is 4.67. The van der Waals surface area contributed by atoms with Crippen LogP contribution in [0.3, 0.4) is 0 Å². The van der Waals surface area contributed by atoms with Crippen LogP contribution in [-0.4, -0.2) is 31.1 Å². The van der Waals surface area contributed by atoms with Crippen LogP contribution in [0.4, 0.5) is 5.69 Å². The van der Waals surface area contributed by atoms with Gasteiger partial charge in [0.15, 0.2) is 6.61 Å². The molecule has 0 radical (unpaired) electrons. The number of nitrogens with one attached hydrogen (secondary N) is 1. The predicted octanol–water partition coefficient (Wildman–Crippen LogP) is 2.77. The number of hydrogen-bond donors (Lipinski definition) is 1. The van der Waals surface area contributed by atoms with Gasteiger partial charge in [0.25, 0.3) is 5.91 Å². The molecule has 2 aromatic carbocycles. The Morgan fingerprint density at radius 2 is 1.62 bits per heavy atom. The van der Waals surface area contributed by atoms with Crippen molar-refractivity contribution in [2.75, 3.05) is 18.5 Å². The molecule has 0 fully saturated rings. The summed E-state index contributed by atoms with van der Waals surface area (Å²) < 4.78 is 14.9. The maximum Gasteiger partial charge on any atom is 0.351 e. The van der Waals surface area contributed by atoms with Gasteiger partial charge < -0.3 is 19.2 Å².